The molecule has 162 valence electrons. The molecule has 1 aliphatic heterocycles. The standard InChI is InChI=1S/C22H31F4N3/c1-2-27-17-9-14-11-18(12-15(14)10-17)28-21-4-3-19(13-20(21)23)29-7-5-16(6-8-29)22(24,25)26/h3-4,13-18,27-28H,2,5-12H2,1H3/t14-,15+,17?,18?. The number of fused-ring (bicyclic) bond motifs is 1. The molecule has 29 heavy (non-hydrogen) atoms. The van der Waals surface area contributed by atoms with E-state index in [1.807, 2.05) is 11.0 Å². The first-order chi connectivity index (χ1) is 13.8. The topological polar surface area (TPSA) is 27.3 Å². The van der Waals surface area contributed by atoms with Crippen LogP contribution in [0.1, 0.15) is 45.4 Å². The zero-order valence-electron chi connectivity index (χ0n) is 16.9. The van der Waals surface area contributed by atoms with Crippen molar-refractivity contribution in [3.63, 3.8) is 0 Å². The van der Waals surface area contributed by atoms with Gasteiger partial charge in [-0.3, -0.25) is 0 Å². The molecule has 1 saturated heterocycles. The summed E-state index contributed by atoms with van der Waals surface area (Å²) >= 11 is 0. The molecule has 0 aromatic heterocycles. The second-order valence-electron chi connectivity index (χ2n) is 9.03. The fourth-order valence-electron chi connectivity index (χ4n) is 5.69. The second kappa shape index (κ2) is 8.32. The van der Waals surface area contributed by atoms with E-state index >= 15 is 0 Å². The largest absolute Gasteiger partial charge is 0.391 e. The molecule has 0 radical (unpaired) electrons. The molecule has 3 aliphatic rings. The number of nitrogens with one attached hydrogen (secondary N) is 2. The van der Waals surface area contributed by atoms with Gasteiger partial charge in [-0.25, -0.2) is 4.39 Å². The molecule has 7 heteroatoms. The Balaban J connectivity index is 1.31. The predicted molar refractivity (Wildman–Crippen MR) is 108 cm³/mol. The van der Waals surface area contributed by atoms with E-state index in [1.54, 1.807) is 6.07 Å². The number of hydrogen-bond donors (Lipinski definition) is 2. The number of nitrogens with zero attached hydrogens (tertiary/aromatic N) is 1. The van der Waals surface area contributed by atoms with Crippen LogP contribution >= 0.6 is 0 Å². The first-order valence-electron chi connectivity index (χ1n) is 10.9. The van der Waals surface area contributed by atoms with Gasteiger partial charge in [0.1, 0.15) is 5.82 Å². The van der Waals surface area contributed by atoms with Gasteiger partial charge >= 0.3 is 6.18 Å². The molecule has 2 N–H and O–H groups in total. The monoisotopic (exact) mass is 413 g/mol. The van der Waals surface area contributed by atoms with Crippen LogP contribution in [0.2, 0.25) is 0 Å². The Labute approximate surface area is 170 Å². The van der Waals surface area contributed by atoms with Crippen LogP contribution in [0, 0.1) is 23.6 Å². The number of piperidine rings is 1. The van der Waals surface area contributed by atoms with Crippen molar-refractivity contribution in [2.24, 2.45) is 17.8 Å². The Morgan fingerprint density at radius 1 is 1.00 bits per heavy atom. The lowest BCUT2D eigenvalue weighted by atomic mass is 9.96. The van der Waals surface area contributed by atoms with Crippen molar-refractivity contribution in [1.82, 2.24) is 5.32 Å². The molecule has 4 atom stereocenters. The smallest absolute Gasteiger partial charge is 0.380 e. The molecule has 3 fully saturated rings. The highest BCUT2D eigenvalue weighted by Gasteiger charge is 2.42. The van der Waals surface area contributed by atoms with Gasteiger partial charge in [-0.2, -0.15) is 13.2 Å². The van der Waals surface area contributed by atoms with Crippen molar-refractivity contribution < 1.29 is 17.6 Å². The van der Waals surface area contributed by atoms with Gasteiger partial charge in [-0.05, 0) is 75.1 Å². The fraction of sp³-hybridized carbons (Fsp3) is 0.727. The summed E-state index contributed by atoms with van der Waals surface area (Å²) in [5.74, 6) is -0.121. The molecule has 3 nitrogen and oxygen atoms in total. The van der Waals surface area contributed by atoms with E-state index in [-0.39, 0.29) is 18.7 Å². The molecular formula is C22H31F4N3. The van der Waals surface area contributed by atoms with Gasteiger partial charge in [0, 0.05) is 30.9 Å². The number of rotatable bonds is 5. The summed E-state index contributed by atoms with van der Waals surface area (Å²) in [4.78, 5) is 1.86. The molecule has 1 aromatic rings. The fourth-order valence-corrected chi connectivity index (χ4v) is 5.69. The number of benzene rings is 1. The van der Waals surface area contributed by atoms with E-state index in [2.05, 4.69) is 17.6 Å². The summed E-state index contributed by atoms with van der Waals surface area (Å²) in [5, 5.41) is 6.93. The lowest BCUT2D eigenvalue weighted by molar-refractivity contribution is -0.179. The first kappa shape index (κ1) is 20.8. The van der Waals surface area contributed by atoms with Crippen LogP contribution in [0.3, 0.4) is 0 Å². The Hall–Kier alpha value is -1.50. The number of alkyl halides is 3. The molecule has 4 rings (SSSR count). The van der Waals surface area contributed by atoms with E-state index in [1.165, 1.54) is 18.9 Å². The molecule has 1 aromatic carbocycles. The highest BCUT2D eigenvalue weighted by molar-refractivity contribution is 5.57. The maximum atomic E-state index is 14.7. The average Bonchev–Trinajstić information content (AvgIpc) is 3.21. The van der Waals surface area contributed by atoms with Crippen molar-refractivity contribution in [3.8, 4) is 0 Å². The minimum absolute atomic E-state index is 0.0733. The van der Waals surface area contributed by atoms with Crippen LogP contribution in [0.5, 0.6) is 0 Å². The maximum absolute atomic E-state index is 14.7. The highest BCUT2D eigenvalue weighted by Crippen LogP contribution is 2.45. The van der Waals surface area contributed by atoms with Crippen LogP contribution < -0.4 is 15.5 Å². The van der Waals surface area contributed by atoms with Crippen molar-refractivity contribution in [1.29, 1.82) is 0 Å². The lowest BCUT2D eigenvalue weighted by Gasteiger charge is -2.34. The van der Waals surface area contributed by atoms with Crippen molar-refractivity contribution >= 4 is 11.4 Å². The van der Waals surface area contributed by atoms with Crippen molar-refractivity contribution in [2.75, 3.05) is 29.9 Å². The predicted octanol–water partition coefficient (Wildman–Crippen LogP) is 5.18. The quantitative estimate of drug-likeness (QED) is 0.651. The van der Waals surface area contributed by atoms with Gasteiger partial charge in [0.15, 0.2) is 0 Å². The normalized spacial score (nSPS) is 30.6. The van der Waals surface area contributed by atoms with Crippen LogP contribution in [0.15, 0.2) is 18.2 Å². The van der Waals surface area contributed by atoms with Gasteiger partial charge < -0.3 is 15.5 Å². The summed E-state index contributed by atoms with van der Waals surface area (Å²) in [6, 6.07) is 5.98. The van der Waals surface area contributed by atoms with Gasteiger partial charge in [0.2, 0.25) is 0 Å². The molecule has 2 unspecified atom stereocenters. The minimum Gasteiger partial charge on any atom is -0.380 e. The Morgan fingerprint density at radius 3 is 2.17 bits per heavy atom. The molecule has 2 saturated carbocycles. The van der Waals surface area contributed by atoms with E-state index in [4.69, 9.17) is 0 Å². The molecule has 0 bridgehead atoms. The van der Waals surface area contributed by atoms with E-state index in [0.29, 0.717) is 48.4 Å². The third-order valence-electron chi connectivity index (χ3n) is 7.14. The van der Waals surface area contributed by atoms with E-state index < -0.39 is 12.1 Å². The van der Waals surface area contributed by atoms with Crippen molar-refractivity contribution in [2.45, 2.75) is 63.7 Å². The zero-order valence-corrected chi connectivity index (χ0v) is 16.9. The Bertz CT molecular complexity index is 686. The van der Waals surface area contributed by atoms with Gasteiger partial charge in [0.25, 0.3) is 0 Å². The third kappa shape index (κ3) is 4.65. The molecule has 1 heterocycles. The first-order valence-corrected chi connectivity index (χ1v) is 10.9. The molecule has 0 amide bonds. The summed E-state index contributed by atoms with van der Waals surface area (Å²) in [6.07, 6.45) is 0.612. The van der Waals surface area contributed by atoms with Crippen LogP contribution in [-0.4, -0.2) is 37.9 Å². The van der Waals surface area contributed by atoms with Crippen LogP contribution in [0.4, 0.5) is 28.9 Å². The Kier molecular flexibility index (Phi) is 5.96. The SMILES string of the molecule is CCNC1C[C@@H]2CC(Nc3ccc(N4CCC(C(F)(F)F)CC4)cc3F)C[C@@H]2C1. The Morgan fingerprint density at radius 2 is 1.62 bits per heavy atom. The van der Waals surface area contributed by atoms with E-state index in [0.717, 1.165) is 19.4 Å². The minimum atomic E-state index is -4.13. The summed E-state index contributed by atoms with van der Waals surface area (Å²) in [5.41, 5.74) is 1.18. The summed E-state index contributed by atoms with van der Waals surface area (Å²) < 4.78 is 53.2. The van der Waals surface area contributed by atoms with Crippen molar-refractivity contribution in [3.05, 3.63) is 24.0 Å². The summed E-state index contributed by atoms with van der Waals surface area (Å²) in [6.45, 7) is 3.78. The summed E-state index contributed by atoms with van der Waals surface area (Å²) in [7, 11) is 0. The van der Waals surface area contributed by atoms with E-state index in [9.17, 15) is 17.6 Å². The maximum Gasteiger partial charge on any atom is 0.391 e. The third-order valence-corrected chi connectivity index (χ3v) is 7.14. The van der Waals surface area contributed by atoms with Gasteiger partial charge in [-0.1, -0.05) is 6.92 Å². The molecule has 0 spiro atoms. The molecule has 2 aliphatic carbocycles. The number of halogens is 4. The molecular weight excluding hydrogens is 382 g/mol. The zero-order chi connectivity index (χ0) is 20.6. The highest BCUT2D eigenvalue weighted by atomic mass is 19.4. The van der Waals surface area contributed by atoms with Gasteiger partial charge in [0.05, 0.1) is 11.6 Å². The second-order valence-corrected chi connectivity index (χ2v) is 9.03. The van der Waals surface area contributed by atoms with Crippen LogP contribution in [-0.2, 0) is 0 Å². The van der Waals surface area contributed by atoms with Crippen LogP contribution in [0.25, 0.3) is 0 Å². The average molecular weight is 414 g/mol. The van der Waals surface area contributed by atoms with Gasteiger partial charge in [-0.15, -0.1) is 0 Å². The lowest BCUT2D eigenvalue weighted by Crippen LogP contribution is -2.39. The number of anilines is 2. The number of hydrogen-bond acceptors (Lipinski definition) is 3.